The van der Waals surface area contributed by atoms with Crippen LogP contribution in [0.25, 0.3) is 0 Å². The first kappa shape index (κ1) is 10.6. The summed E-state index contributed by atoms with van der Waals surface area (Å²) in [5.41, 5.74) is 2.68. The molecule has 1 rings (SSSR count). The fourth-order valence-corrected chi connectivity index (χ4v) is 1.49. The third-order valence-electron chi connectivity index (χ3n) is 1.92. The molecule has 0 aliphatic rings. The van der Waals surface area contributed by atoms with E-state index in [1.165, 1.54) is 24.0 Å². The van der Waals surface area contributed by atoms with E-state index in [-0.39, 0.29) is 0 Å². The zero-order valence-corrected chi connectivity index (χ0v) is 8.73. The smallest absolute Gasteiger partial charge is 0.0321 e. The lowest BCUT2D eigenvalue weighted by atomic mass is 10.1. The van der Waals surface area contributed by atoms with E-state index in [1.54, 1.807) is 0 Å². The van der Waals surface area contributed by atoms with Crippen LogP contribution in [-0.4, -0.2) is 0 Å². The van der Waals surface area contributed by atoms with Crippen molar-refractivity contribution in [1.29, 1.82) is 0 Å². The molecule has 13 heavy (non-hydrogen) atoms. The molecule has 0 radical (unpaired) electrons. The Hall–Kier alpha value is -0.510. The van der Waals surface area contributed by atoms with Crippen LogP contribution >= 0.6 is 12.1 Å². The highest BCUT2D eigenvalue weighted by atomic mass is 32.2. The van der Waals surface area contributed by atoms with E-state index >= 15 is 0 Å². The molecule has 72 valence electrons. The summed E-state index contributed by atoms with van der Waals surface area (Å²) in [6.45, 7) is 3.02. The summed E-state index contributed by atoms with van der Waals surface area (Å²) < 4.78 is 3.01. The Kier molecular flexibility index (Phi) is 4.90. The Morgan fingerprint density at radius 2 is 1.85 bits per heavy atom. The third-order valence-corrected chi connectivity index (χ3v) is 2.23. The van der Waals surface area contributed by atoms with Crippen LogP contribution in [0.4, 0.5) is 0 Å². The summed E-state index contributed by atoms with van der Waals surface area (Å²) in [6.07, 6.45) is 2.37. The van der Waals surface area contributed by atoms with Crippen molar-refractivity contribution < 1.29 is 0 Å². The van der Waals surface area contributed by atoms with Gasteiger partial charge in [0.25, 0.3) is 0 Å². The van der Waals surface area contributed by atoms with Gasteiger partial charge in [0.1, 0.15) is 0 Å². The molecule has 3 N–H and O–H groups in total. The van der Waals surface area contributed by atoms with Crippen LogP contribution in [0.5, 0.6) is 0 Å². The van der Waals surface area contributed by atoms with Crippen molar-refractivity contribution in [2.45, 2.75) is 26.3 Å². The van der Waals surface area contributed by atoms with Gasteiger partial charge in [0.15, 0.2) is 0 Å². The molecule has 0 aliphatic heterocycles. The second kappa shape index (κ2) is 6.02. The molecule has 2 nitrogen and oxygen atoms in total. The number of hydrogen-bond donors (Lipinski definition) is 2. The van der Waals surface area contributed by atoms with Crippen LogP contribution in [0, 0.1) is 0 Å². The number of nitrogens with one attached hydrogen (secondary N) is 1. The lowest BCUT2D eigenvalue weighted by Gasteiger charge is -2.02. The number of hydrogen-bond acceptors (Lipinski definition) is 3. The Balaban J connectivity index is 2.48. The maximum Gasteiger partial charge on any atom is 0.0321 e. The number of aryl methyl sites for hydroxylation is 1. The summed E-state index contributed by atoms with van der Waals surface area (Å²) in [5.74, 6) is 0. The molecule has 0 unspecified atom stereocenters. The SMILES string of the molecule is CCCc1ccc(CNSN)cc1. The van der Waals surface area contributed by atoms with Crippen LogP contribution in [0.1, 0.15) is 24.5 Å². The largest absolute Gasteiger partial charge is 0.264 e. The molecule has 1 aromatic carbocycles. The Morgan fingerprint density at radius 3 is 2.38 bits per heavy atom. The van der Waals surface area contributed by atoms with E-state index in [0.29, 0.717) is 0 Å². The van der Waals surface area contributed by atoms with Crippen molar-refractivity contribution in [3.63, 3.8) is 0 Å². The average molecular weight is 196 g/mol. The van der Waals surface area contributed by atoms with Crippen LogP contribution in [0.15, 0.2) is 24.3 Å². The molecule has 0 saturated heterocycles. The highest BCUT2D eigenvalue weighted by Crippen LogP contribution is 2.06. The monoisotopic (exact) mass is 196 g/mol. The normalized spacial score (nSPS) is 10.3. The van der Waals surface area contributed by atoms with E-state index in [1.807, 2.05) is 0 Å². The van der Waals surface area contributed by atoms with Crippen molar-refractivity contribution in [3.05, 3.63) is 35.4 Å². The lowest BCUT2D eigenvalue weighted by Crippen LogP contribution is -2.06. The van der Waals surface area contributed by atoms with Gasteiger partial charge in [-0.1, -0.05) is 37.6 Å². The van der Waals surface area contributed by atoms with Crippen LogP contribution in [0.2, 0.25) is 0 Å². The van der Waals surface area contributed by atoms with Gasteiger partial charge in [0.05, 0.1) is 0 Å². The van der Waals surface area contributed by atoms with Crippen molar-refractivity contribution in [2.24, 2.45) is 5.14 Å². The van der Waals surface area contributed by atoms with E-state index in [0.717, 1.165) is 18.7 Å². The predicted molar refractivity (Wildman–Crippen MR) is 59.1 cm³/mol. The first-order valence-corrected chi connectivity index (χ1v) is 5.41. The number of rotatable bonds is 5. The van der Waals surface area contributed by atoms with Gasteiger partial charge in [0, 0.05) is 18.7 Å². The van der Waals surface area contributed by atoms with Crippen molar-refractivity contribution >= 4 is 12.1 Å². The zero-order valence-electron chi connectivity index (χ0n) is 7.92. The predicted octanol–water partition coefficient (Wildman–Crippen LogP) is 2.25. The summed E-state index contributed by atoms with van der Waals surface area (Å²) in [7, 11) is 0. The number of nitrogens with two attached hydrogens (primary N) is 1. The van der Waals surface area contributed by atoms with Gasteiger partial charge in [-0.05, 0) is 17.5 Å². The van der Waals surface area contributed by atoms with Crippen molar-refractivity contribution in [3.8, 4) is 0 Å². The molecule has 0 bridgehead atoms. The second-order valence-corrected chi connectivity index (χ2v) is 3.53. The van der Waals surface area contributed by atoms with E-state index in [9.17, 15) is 0 Å². The molecule has 1 aromatic rings. The average Bonchev–Trinajstić information content (AvgIpc) is 2.17. The molecular formula is C10H16N2S. The highest BCUT2D eigenvalue weighted by Gasteiger charge is 1.93. The quantitative estimate of drug-likeness (QED) is 0.709. The van der Waals surface area contributed by atoms with Gasteiger partial charge in [-0.2, -0.15) is 0 Å². The van der Waals surface area contributed by atoms with Gasteiger partial charge in [-0.3, -0.25) is 5.14 Å². The minimum Gasteiger partial charge on any atom is -0.264 e. The molecule has 3 heteroatoms. The Morgan fingerprint density at radius 1 is 1.23 bits per heavy atom. The maximum absolute atomic E-state index is 5.26. The molecule has 0 aliphatic carbocycles. The van der Waals surface area contributed by atoms with E-state index < -0.39 is 0 Å². The van der Waals surface area contributed by atoms with Gasteiger partial charge in [-0.15, -0.1) is 0 Å². The molecule has 0 atom stereocenters. The Bertz CT molecular complexity index is 233. The molecule has 0 heterocycles. The molecule has 0 amide bonds. The zero-order chi connectivity index (χ0) is 9.52. The maximum atomic E-state index is 5.26. The van der Waals surface area contributed by atoms with E-state index in [4.69, 9.17) is 5.14 Å². The molecule has 0 spiro atoms. The van der Waals surface area contributed by atoms with Crippen molar-refractivity contribution in [1.82, 2.24) is 4.72 Å². The lowest BCUT2D eigenvalue weighted by molar-refractivity contribution is 0.915. The first-order chi connectivity index (χ1) is 6.36. The van der Waals surface area contributed by atoms with Gasteiger partial charge >= 0.3 is 0 Å². The first-order valence-electron chi connectivity index (χ1n) is 4.53. The molecular weight excluding hydrogens is 180 g/mol. The number of benzene rings is 1. The fourth-order valence-electron chi connectivity index (χ4n) is 1.24. The minimum absolute atomic E-state index is 0.827. The standard InChI is InChI=1S/C10H16N2S/c1-2-3-9-4-6-10(7-5-9)8-12-13-11/h4-7,12H,2-3,8,11H2,1H3. The topological polar surface area (TPSA) is 38.0 Å². The van der Waals surface area contributed by atoms with Crippen LogP contribution in [-0.2, 0) is 13.0 Å². The minimum atomic E-state index is 0.827. The van der Waals surface area contributed by atoms with Gasteiger partial charge in [-0.25, -0.2) is 4.72 Å². The summed E-state index contributed by atoms with van der Waals surface area (Å²) in [5, 5.41) is 5.26. The highest BCUT2D eigenvalue weighted by molar-refractivity contribution is 7.95. The van der Waals surface area contributed by atoms with Gasteiger partial charge < -0.3 is 0 Å². The van der Waals surface area contributed by atoms with Crippen LogP contribution in [0.3, 0.4) is 0 Å². The molecule has 0 saturated carbocycles. The Labute approximate surface area is 84.2 Å². The fraction of sp³-hybridized carbons (Fsp3) is 0.400. The summed E-state index contributed by atoms with van der Waals surface area (Å²) in [4.78, 5) is 0. The summed E-state index contributed by atoms with van der Waals surface area (Å²) in [6, 6.07) is 8.66. The third kappa shape index (κ3) is 3.81. The molecule has 0 fully saturated rings. The second-order valence-electron chi connectivity index (χ2n) is 3.01. The molecule has 0 aromatic heterocycles. The van der Waals surface area contributed by atoms with E-state index in [2.05, 4.69) is 35.9 Å². The van der Waals surface area contributed by atoms with Crippen LogP contribution < -0.4 is 9.86 Å². The van der Waals surface area contributed by atoms with Gasteiger partial charge in [0.2, 0.25) is 0 Å². The van der Waals surface area contributed by atoms with Crippen molar-refractivity contribution in [2.75, 3.05) is 0 Å². The summed E-state index contributed by atoms with van der Waals surface area (Å²) >= 11 is 1.16.